The van der Waals surface area contributed by atoms with Gasteiger partial charge in [0.15, 0.2) is 0 Å². The average molecular weight is 262 g/mol. The van der Waals surface area contributed by atoms with E-state index in [1.807, 2.05) is 13.0 Å². The van der Waals surface area contributed by atoms with Gasteiger partial charge in [-0.15, -0.1) is 0 Å². The first-order valence-corrected chi connectivity index (χ1v) is 7.22. The van der Waals surface area contributed by atoms with Gasteiger partial charge in [0.1, 0.15) is 5.82 Å². The Balaban J connectivity index is 2.11. The molecule has 0 bridgehead atoms. The highest BCUT2D eigenvalue weighted by molar-refractivity contribution is 5.43. The van der Waals surface area contributed by atoms with Crippen molar-refractivity contribution in [2.24, 2.45) is 11.3 Å². The van der Waals surface area contributed by atoms with E-state index in [0.717, 1.165) is 30.5 Å². The highest BCUT2D eigenvalue weighted by Crippen LogP contribution is 2.35. The highest BCUT2D eigenvalue weighted by Gasteiger charge is 2.27. The Morgan fingerprint density at radius 2 is 1.95 bits per heavy atom. The smallest absolute Gasteiger partial charge is 0.222 e. The third kappa shape index (κ3) is 3.58. The van der Waals surface area contributed by atoms with E-state index in [1.54, 1.807) is 0 Å². The number of hydrogen-bond donors (Lipinski definition) is 1. The normalized spacial score (nSPS) is 21.3. The first kappa shape index (κ1) is 14.1. The van der Waals surface area contributed by atoms with Gasteiger partial charge in [-0.3, -0.25) is 0 Å². The molecule has 106 valence electrons. The Morgan fingerprint density at radius 1 is 1.21 bits per heavy atom. The van der Waals surface area contributed by atoms with Gasteiger partial charge in [0.05, 0.1) is 0 Å². The molecular formula is C15H26N4. The average Bonchev–Trinajstić information content (AvgIpc) is 2.52. The van der Waals surface area contributed by atoms with Gasteiger partial charge < -0.3 is 10.6 Å². The maximum Gasteiger partial charge on any atom is 0.222 e. The van der Waals surface area contributed by atoms with Gasteiger partial charge in [-0.25, -0.2) is 4.98 Å². The molecule has 0 saturated carbocycles. The third-order valence-corrected chi connectivity index (χ3v) is 4.13. The summed E-state index contributed by atoms with van der Waals surface area (Å²) in [7, 11) is 0. The number of anilines is 2. The first-order valence-electron chi connectivity index (χ1n) is 7.22. The monoisotopic (exact) mass is 262 g/mol. The van der Waals surface area contributed by atoms with Crippen LogP contribution in [0, 0.1) is 18.3 Å². The van der Waals surface area contributed by atoms with Crippen molar-refractivity contribution in [3.63, 3.8) is 0 Å². The van der Waals surface area contributed by atoms with Gasteiger partial charge in [0.2, 0.25) is 5.95 Å². The van der Waals surface area contributed by atoms with Crippen molar-refractivity contribution in [1.82, 2.24) is 9.97 Å². The zero-order valence-electron chi connectivity index (χ0n) is 12.6. The van der Waals surface area contributed by atoms with E-state index in [1.165, 1.54) is 19.3 Å². The molecule has 0 spiro atoms. The molecule has 1 aromatic heterocycles. The lowest BCUT2D eigenvalue weighted by Gasteiger charge is -2.30. The van der Waals surface area contributed by atoms with Crippen LogP contribution in [0.4, 0.5) is 11.8 Å². The SMILES string of the molecule is Cc1cc(N2CCCC(C(C)(C)C)CC2)nc(N)n1. The van der Waals surface area contributed by atoms with Crippen molar-refractivity contribution in [2.45, 2.75) is 47.0 Å². The van der Waals surface area contributed by atoms with Crippen LogP contribution >= 0.6 is 0 Å². The van der Waals surface area contributed by atoms with Crippen LogP contribution in [0.5, 0.6) is 0 Å². The molecule has 1 saturated heterocycles. The van der Waals surface area contributed by atoms with E-state index in [-0.39, 0.29) is 0 Å². The molecule has 1 aromatic rings. The van der Waals surface area contributed by atoms with Crippen molar-refractivity contribution in [3.05, 3.63) is 11.8 Å². The van der Waals surface area contributed by atoms with Gasteiger partial charge in [-0.2, -0.15) is 4.98 Å². The molecule has 1 atom stereocenters. The van der Waals surface area contributed by atoms with E-state index in [2.05, 4.69) is 35.6 Å². The van der Waals surface area contributed by atoms with Crippen LogP contribution in [0.25, 0.3) is 0 Å². The van der Waals surface area contributed by atoms with E-state index in [4.69, 9.17) is 5.73 Å². The fourth-order valence-electron chi connectivity index (χ4n) is 2.93. The summed E-state index contributed by atoms with van der Waals surface area (Å²) in [6.45, 7) is 11.2. The summed E-state index contributed by atoms with van der Waals surface area (Å²) >= 11 is 0. The molecule has 1 aliphatic heterocycles. The van der Waals surface area contributed by atoms with E-state index in [9.17, 15) is 0 Å². The van der Waals surface area contributed by atoms with Crippen molar-refractivity contribution >= 4 is 11.8 Å². The Kier molecular flexibility index (Phi) is 3.97. The number of nitrogens with two attached hydrogens (primary N) is 1. The third-order valence-electron chi connectivity index (χ3n) is 4.13. The summed E-state index contributed by atoms with van der Waals surface area (Å²) in [6.07, 6.45) is 3.76. The molecular weight excluding hydrogens is 236 g/mol. The largest absolute Gasteiger partial charge is 0.368 e. The molecule has 1 aliphatic rings. The second-order valence-corrected chi connectivity index (χ2v) is 6.71. The van der Waals surface area contributed by atoms with Crippen LogP contribution in [0.15, 0.2) is 6.07 Å². The second kappa shape index (κ2) is 5.35. The van der Waals surface area contributed by atoms with Crippen LogP contribution in [0.2, 0.25) is 0 Å². The predicted molar refractivity (Wildman–Crippen MR) is 80.2 cm³/mol. The fraction of sp³-hybridized carbons (Fsp3) is 0.733. The highest BCUT2D eigenvalue weighted by atomic mass is 15.2. The minimum atomic E-state index is 0.381. The van der Waals surface area contributed by atoms with Crippen molar-refractivity contribution in [1.29, 1.82) is 0 Å². The summed E-state index contributed by atoms with van der Waals surface area (Å²) in [5.74, 6) is 2.16. The molecule has 0 radical (unpaired) electrons. The Labute approximate surface area is 116 Å². The van der Waals surface area contributed by atoms with Crippen LogP contribution in [-0.2, 0) is 0 Å². The molecule has 2 N–H and O–H groups in total. The van der Waals surface area contributed by atoms with E-state index < -0.39 is 0 Å². The predicted octanol–water partition coefficient (Wildman–Crippen LogP) is 3.02. The van der Waals surface area contributed by atoms with Crippen molar-refractivity contribution in [2.75, 3.05) is 23.7 Å². The van der Waals surface area contributed by atoms with Gasteiger partial charge in [-0.1, -0.05) is 20.8 Å². The van der Waals surface area contributed by atoms with E-state index >= 15 is 0 Å². The number of nitrogen functional groups attached to an aromatic ring is 1. The summed E-state index contributed by atoms with van der Waals surface area (Å²) in [6, 6.07) is 2.04. The minimum absolute atomic E-state index is 0.381. The molecule has 19 heavy (non-hydrogen) atoms. The maximum atomic E-state index is 5.75. The molecule has 1 unspecified atom stereocenters. The molecule has 1 fully saturated rings. The second-order valence-electron chi connectivity index (χ2n) is 6.71. The molecule has 0 aromatic carbocycles. The van der Waals surface area contributed by atoms with Crippen molar-refractivity contribution in [3.8, 4) is 0 Å². The first-order chi connectivity index (χ1) is 8.86. The minimum Gasteiger partial charge on any atom is -0.368 e. The van der Waals surface area contributed by atoms with Crippen LogP contribution < -0.4 is 10.6 Å². The van der Waals surface area contributed by atoms with Gasteiger partial charge >= 0.3 is 0 Å². The molecule has 2 rings (SSSR count). The zero-order chi connectivity index (χ0) is 14.0. The van der Waals surface area contributed by atoms with Crippen LogP contribution in [0.3, 0.4) is 0 Å². The molecule has 4 nitrogen and oxygen atoms in total. The molecule has 4 heteroatoms. The molecule has 0 amide bonds. The Bertz CT molecular complexity index is 416. The zero-order valence-corrected chi connectivity index (χ0v) is 12.6. The number of hydrogen-bond acceptors (Lipinski definition) is 4. The summed E-state index contributed by atoms with van der Waals surface area (Å²) in [5.41, 5.74) is 7.10. The fourth-order valence-corrected chi connectivity index (χ4v) is 2.93. The lowest BCUT2D eigenvalue weighted by atomic mass is 9.77. The quantitative estimate of drug-likeness (QED) is 0.845. The van der Waals surface area contributed by atoms with Gasteiger partial charge in [-0.05, 0) is 37.5 Å². The Hall–Kier alpha value is -1.32. The number of aromatic nitrogens is 2. The van der Waals surface area contributed by atoms with Crippen molar-refractivity contribution < 1.29 is 0 Å². The topological polar surface area (TPSA) is 55.0 Å². The van der Waals surface area contributed by atoms with Crippen LogP contribution in [-0.4, -0.2) is 23.1 Å². The lowest BCUT2D eigenvalue weighted by Crippen LogP contribution is -2.27. The summed E-state index contributed by atoms with van der Waals surface area (Å²) < 4.78 is 0. The number of rotatable bonds is 1. The number of nitrogens with zero attached hydrogens (tertiary/aromatic N) is 3. The maximum absolute atomic E-state index is 5.75. The Morgan fingerprint density at radius 3 is 2.58 bits per heavy atom. The number of aryl methyl sites for hydroxylation is 1. The van der Waals surface area contributed by atoms with Gasteiger partial charge in [0, 0.05) is 24.8 Å². The standard InChI is InChI=1S/C15H26N4/c1-11-10-13(18-14(16)17-11)19-8-5-6-12(7-9-19)15(2,3)4/h10,12H,5-9H2,1-4H3,(H2,16,17,18). The van der Waals surface area contributed by atoms with Gasteiger partial charge in [0.25, 0.3) is 0 Å². The van der Waals surface area contributed by atoms with E-state index in [0.29, 0.717) is 11.4 Å². The lowest BCUT2D eigenvalue weighted by molar-refractivity contribution is 0.220. The molecule has 0 aliphatic carbocycles. The summed E-state index contributed by atoms with van der Waals surface area (Å²) in [5, 5.41) is 0. The van der Waals surface area contributed by atoms with Crippen LogP contribution in [0.1, 0.15) is 45.7 Å². The molecule has 2 heterocycles. The summed E-state index contributed by atoms with van der Waals surface area (Å²) in [4.78, 5) is 10.9.